The van der Waals surface area contributed by atoms with Gasteiger partial charge < -0.3 is 5.32 Å². The van der Waals surface area contributed by atoms with E-state index in [9.17, 15) is 0 Å². The Morgan fingerprint density at radius 2 is 1.54 bits per heavy atom. The highest BCUT2D eigenvalue weighted by atomic mass is 35.5. The van der Waals surface area contributed by atoms with Crippen LogP contribution in [-0.2, 0) is 0 Å². The molecule has 3 aromatic carbocycles. The molecule has 0 aliphatic heterocycles. The zero-order valence-electron chi connectivity index (χ0n) is 12.8. The van der Waals surface area contributed by atoms with Crippen LogP contribution in [0.25, 0.3) is 22.2 Å². The number of halogens is 1. The number of aromatic nitrogens is 2. The summed E-state index contributed by atoms with van der Waals surface area (Å²) in [7, 11) is 0. The number of hydrogen-bond acceptors (Lipinski definition) is 3. The van der Waals surface area contributed by atoms with E-state index in [2.05, 4.69) is 22.4 Å². The lowest BCUT2D eigenvalue weighted by Gasteiger charge is -2.10. The average Bonchev–Trinajstić information content (AvgIpc) is 2.62. The Hall–Kier alpha value is -2.91. The van der Waals surface area contributed by atoms with E-state index in [-0.39, 0.29) is 0 Å². The second-order valence-electron chi connectivity index (χ2n) is 5.41. The van der Waals surface area contributed by atoms with Crippen LogP contribution in [0.5, 0.6) is 0 Å². The molecule has 0 spiro atoms. The van der Waals surface area contributed by atoms with Crippen LogP contribution < -0.4 is 5.32 Å². The summed E-state index contributed by atoms with van der Waals surface area (Å²) in [5.41, 5.74) is 3.73. The first kappa shape index (κ1) is 14.7. The summed E-state index contributed by atoms with van der Waals surface area (Å²) in [4.78, 5) is 9.35. The Morgan fingerprint density at radius 3 is 2.38 bits per heavy atom. The quantitative estimate of drug-likeness (QED) is 0.523. The normalized spacial score (nSPS) is 10.7. The molecule has 24 heavy (non-hydrogen) atoms. The van der Waals surface area contributed by atoms with Crippen molar-refractivity contribution in [1.29, 1.82) is 0 Å². The smallest absolute Gasteiger partial charge is 0.228 e. The van der Waals surface area contributed by atoms with Crippen molar-refractivity contribution < 1.29 is 0 Å². The van der Waals surface area contributed by atoms with Gasteiger partial charge >= 0.3 is 0 Å². The van der Waals surface area contributed by atoms with E-state index in [1.54, 1.807) is 0 Å². The second kappa shape index (κ2) is 6.30. The maximum atomic E-state index is 6.05. The van der Waals surface area contributed by atoms with E-state index < -0.39 is 0 Å². The van der Waals surface area contributed by atoms with Gasteiger partial charge in [0.25, 0.3) is 0 Å². The highest BCUT2D eigenvalue weighted by Crippen LogP contribution is 2.28. The van der Waals surface area contributed by atoms with Gasteiger partial charge in [0.15, 0.2) is 0 Å². The van der Waals surface area contributed by atoms with Gasteiger partial charge in [-0.1, -0.05) is 66.2 Å². The van der Waals surface area contributed by atoms with Gasteiger partial charge in [-0.25, -0.2) is 9.97 Å². The molecule has 0 fully saturated rings. The standard InChI is InChI=1S/C20H14ClN3/c21-15-9-6-10-16(13-15)22-20-23-18-12-5-4-11-17(18)19(24-20)14-7-2-1-3-8-14/h1-13H,(H,22,23,24). The number of rotatable bonds is 3. The summed E-state index contributed by atoms with van der Waals surface area (Å²) in [5.74, 6) is 0.551. The molecule has 1 heterocycles. The lowest BCUT2D eigenvalue weighted by molar-refractivity contribution is 1.22. The van der Waals surface area contributed by atoms with Crippen molar-refractivity contribution in [2.75, 3.05) is 5.32 Å². The fourth-order valence-corrected chi connectivity index (χ4v) is 2.83. The molecule has 0 saturated carbocycles. The van der Waals surface area contributed by atoms with Gasteiger partial charge in [-0.15, -0.1) is 0 Å². The predicted octanol–water partition coefficient (Wildman–Crippen LogP) is 5.69. The molecule has 1 N–H and O–H groups in total. The topological polar surface area (TPSA) is 37.8 Å². The second-order valence-corrected chi connectivity index (χ2v) is 5.85. The summed E-state index contributed by atoms with van der Waals surface area (Å²) < 4.78 is 0. The van der Waals surface area contributed by atoms with Crippen molar-refractivity contribution in [3.8, 4) is 11.3 Å². The first-order valence-electron chi connectivity index (χ1n) is 7.64. The van der Waals surface area contributed by atoms with Crippen molar-refractivity contribution in [1.82, 2.24) is 9.97 Å². The molecule has 0 aliphatic carbocycles. The molecule has 0 atom stereocenters. The molecule has 0 amide bonds. The van der Waals surface area contributed by atoms with Gasteiger partial charge in [0.1, 0.15) is 0 Å². The summed E-state index contributed by atoms with van der Waals surface area (Å²) in [6.45, 7) is 0. The number of hydrogen-bond donors (Lipinski definition) is 1. The minimum Gasteiger partial charge on any atom is -0.324 e. The van der Waals surface area contributed by atoms with Crippen LogP contribution in [0.15, 0.2) is 78.9 Å². The number of para-hydroxylation sites is 1. The van der Waals surface area contributed by atoms with Crippen molar-refractivity contribution in [2.24, 2.45) is 0 Å². The minimum absolute atomic E-state index is 0.551. The van der Waals surface area contributed by atoms with Crippen LogP contribution in [0.2, 0.25) is 5.02 Å². The Bertz CT molecular complexity index is 1000. The maximum Gasteiger partial charge on any atom is 0.228 e. The number of nitrogens with one attached hydrogen (secondary N) is 1. The lowest BCUT2D eigenvalue weighted by atomic mass is 10.1. The average molecular weight is 332 g/mol. The lowest BCUT2D eigenvalue weighted by Crippen LogP contribution is -1.99. The SMILES string of the molecule is Clc1cccc(Nc2nc(-c3ccccc3)c3ccccc3n2)c1. The van der Waals surface area contributed by atoms with Crippen molar-refractivity contribution in [3.63, 3.8) is 0 Å². The molecular weight excluding hydrogens is 318 g/mol. The van der Waals surface area contributed by atoms with Gasteiger partial charge in [0, 0.05) is 21.7 Å². The van der Waals surface area contributed by atoms with Crippen LogP contribution in [0.1, 0.15) is 0 Å². The Labute approximate surface area is 145 Å². The number of fused-ring (bicyclic) bond motifs is 1. The molecule has 0 aliphatic rings. The molecule has 4 aromatic rings. The molecule has 0 radical (unpaired) electrons. The van der Waals surface area contributed by atoms with Gasteiger partial charge in [-0.3, -0.25) is 0 Å². The summed E-state index contributed by atoms with van der Waals surface area (Å²) in [6.07, 6.45) is 0. The zero-order chi connectivity index (χ0) is 16.4. The predicted molar refractivity (Wildman–Crippen MR) is 99.7 cm³/mol. The third-order valence-electron chi connectivity index (χ3n) is 3.73. The number of anilines is 2. The van der Waals surface area contributed by atoms with E-state index in [4.69, 9.17) is 16.6 Å². The molecule has 0 saturated heterocycles. The van der Waals surface area contributed by atoms with Crippen LogP contribution in [0.3, 0.4) is 0 Å². The third kappa shape index (κ3) is 2.94. The minimum atomic E-state index is 0.551. The van der Waals surface area contributed by atoms with Crippen LogP contribution >= 0.6 is 11.6 Å². The van der Waals surface area contributed by atoms with E-state index in [0.717, 1.165) is 27.8 Å². The van der Waals surface area contributed by atoms with E-state index in [1.165, 1.54) is 0 Å². The highest BCUT2D eigenvalue weighted by Gasteiger charge is 2.09. The maximum absolute atomic E-state index is 6.05. The zero-order valence-corrected chi connectivity index (χ0v) is 13.5. The van der Waals surface area contributed by atoms with Gasteiger partial charge in [-0.2, -0.15) is 0 Å². The van der Waals surface area contributed by atoms with E-state index >= 15 is 0 Å². The largest absolute Gasteiger partial charge is 0.324 e. The molecule has 0 unspecified atom stereocenters. The Kier molecular flexibility index (Phi) is 3.85. The van der Waals surface area contributed by atoms with Gasteiger partial charge in [0.2, 0.25) is 5.95 Å². The highest BCUT2D eigenvalue weighted by molar-refractivity contribution is 6.30. The summed E-state index contributed by atoms with van der Waals surface area (Å²) in [6, 6.07) is 25.7. The Balaban J connectivity index is 1.85. The molecule has 0 bridgehead atoms. The molecule has 4 rings (SSSR count). The van der Waals surface area contributed by atoms with Gasteiger partial charge in [0.05, 0.1) is 11.2 Å². The summed E-state index contributed by atoms with van der Waals surface area (Å²) >= 11 is 6.05. The first-order valence-corrected chi connectivity index (χ1v) is 8.02. The first-order chi connectivity index (χ1) is 11.8. The number of nitrogens with zero attached hydrogens (tertiary/aromatic N) is 2. The van der Waals surface area contributed by atoms with Gasteiger partial charge in [-0.05, 0) is 24.3 Å². The van der Waals surface area contributed by atoms with Crippen molar-refractivity contribution in [2.45, 2.75) is 0 Å². The van der Waals surface area contributed by atoms with E-state index in [1.807, 2.05) is 66.7 Å². The van der Waals surface area contributed by atoms with Crippen LogP contribution in [-0.4, -0.2) is 9.97 Å². The van der Waals surface area contributed by atoms with E-state index in [0.29, 0.717) is 11.0 Å². The third-order valence-corrected chi connectivity index (χ3v) is 3.97. The van der Waals surface area contributed by atoms with Crippen molar-refractivity contribution >= 4 is 34.1 Å². The van der Waals surface area contributed by atoms with Crippen molar-refractivity contribution in [3.05, 3.63) is 83.9 Å². The molecule has 3 nitrogen and oxygen atoms in total. The summed E-state index contributed by atoms with van der Waals surface area (Å²) in [5, 5.41) is 4.94. The molecule has 4 heteroatoms. The molecule has 1 aromatic heterocycles. The fourth-order valence-electron chi connectivity index (χ4n) is 2.64. The Morgan fingerprint density at radius 1 is 0.750 bits per heavy atom. The van der Waals surface area contributed by atoms with Crippen LogP contribution in [0, 0.1) is 0 Å². The molecule has 116 valence electrons. The van der Waals surface area contributed by atoms with Crippen LogP contribution in [0.4, 0.5) is 11.6 Å². The number of benzene rings is 3. The monoisotopic (exact) mass is 331 g/mol. The fraction of sp³-hybridized carbons (Fsp3) is 0. The molecular formula is C20H14ClN3.